The number of nitrogens with one attached hydrogen (secondary N) is 1. The van der Waals surface area contributed by atoms with E-state index in [1.165, 1.54) is 0 Å². The summed E-state index contributed by atoms with van der Waals surface area (Å²) in [5.74, 6) is -0.330. The Morgan fingerprint density at radius 2 is 1.63 bits per heavy atom. The van der Waals surface area contributed by atoms with E-state index in [4.69, 9.17) is 0 Å². The second kappa shape index (κ2) is 10.0. The first-order valence-electron chi connectivity index (χ1n) is 9.53. The zero-order valence-electron chi connectivity index (χ0n) is 16.7. The van der Waals surface area contributed by atoms with Crippen molar-refractivity contribution in [3.05, 3.63) is 71.3 Å². The van der Waals surface area contributed by atoms with E-state index >= 15 is 0 Å². The quantitative estimate of drug-likeness (QED) is 0.686. The highest BCUT2D eigenvalue weighted by Crippen LogP contribution is 2.19. The number of hydrogen-bond acceptors (Lipinski definition) is 3. The van der Waals surface area contributed by atoms with Gasteiger partial charge in [0.05, 0.1) is 5.92 Å². The van der Waals surface area contributed by atoms with Crippen LogP contribution in [0.2, 0.25) is 0 Å². The van der Waals surface area contributed by atoms with Crippen LogP contribution in [0.3, 0.4) is 0 Å². The molecule has 0 radical (unpaired) electrons. The second-order valence-electron chi connectivity index (χ2n) is 7.40. The lowest BCUT2D eigenvalue weighted by Gasteiger charge is -2.19. The molecule has 0 spiro atoms. The molecule has 2 unspecified atom stereocenters. The minimum absolute atomic E-state index is 0.00309. The van der Waals surface area contributed by atoms with E-state index < -0.39 is 0 Å². The molecule has 4 heteroatoms. The predicted octanol–water partition coefficient (Wildman–Crippen LogP) is 3.87. The molecule has 0 saturated carbocycles. The Hall–Kier alpha value is -2.46. The van der Waals surface area contributed by atoms with Gasteiger partial charge in [0.1, 0.15) is 0 Å². The van der Waals surface area contributed by atoms with E-state index in [1.807, 2.05) is 50.2 Å². The van der Waals surface area contributed by atoms with Crippen molar-refractivity contribution in [1.29, 1.82) is 0 Å². The number of carbonyl (C=O) groups is 2. The highest BCUT2D eigenvalue weighted by atomic mass is 16.2. The lowest BCUT2D eigenvalue weighted by atomic mass is 9.95. The van der Waals surface area contributed by atoms with Crippen molar-refractivity contribution in [3.8, 4) is 0 Å². The molecular formula is C23H30N2O2. The van der Waals surface area contributed by atoms with Crippen LogP contribution >= 0.6 is 0 Å². The molecule has 0 aliphatic rings. The Bertz CT molecular complexity index is 756. The first-order chi connectivity index (χ1) is 12.9. The maximum absolute atomic E-state index is 12.6. The van der Waals surface area contributed by atoms with Crippen molar-refractivity contribution in [1.82, 2.24) is 10.2 Å². The fraction of sp³-hybridized carbons (Fsp3) is 0.391. The third-order valence-corrected chi connectivity index (χ3v) is 4.71. The van der Waals surface area contributed by atoms with Crippen LogP contribution in [0.4, 0.5) is 0 Å². The van der Waals surface area contributed by atoms with Crippen LogP contribution in [-0.4, -0.2) is 43.3 Å². The van der Waals surface area contributed by atoms with Crippen molar-refractivity contribution in [2.24, 2.45) is 0 Å². The van der Waals surface area contributed by atoms with Crippen molar-refractivity contribution in [3.63, 3.8) is 0 Å². The number of carbonyl (C=O) groups excluding carboxylic acids is 2. The molecule has 2 rings (SSSR count). The van der Waals surface area contributed by atoms with E-state index in [0.29, 0.717) is 11.1 Å². The maximum atomic E-state index is 12.6. The number of nitrogens with zero attached hydrogens (tertiary/aromatic N) is 1. The van der Waals surface area contributed by atoms with Crippen molar-refractivity contribution < 1.29 is 9.59 Å². The summed E-state index contributed by atoms with van der Waals surface area (Å²) in [6.45, 7) is 4.93. The van der Waals surface area contributed by atoms with Gasteiger partial charge in [0.15, 0.2) is 5.78 Å². The van der Waals surface area contributed by atoms with E-state index in [0.717, 1.165) is 24.9 Å². The Labute approximate surface area is 162 Å². The minimum atomic E-state index is -0.301. The molecule has 1 amide bonds. The molecule has 0 aliphatic carbocycles. The molecule has 0 heterocycles. The van der Waals surface area contributed by atoms with Crippen LogP contribution in [0, 0.1) is 0 Å². The molecule has 0 saturated heterocycles. The maximum Gasteiger partial charge on any atom is 0.227 e. The molecule has 2 aromatic rings. The van der Waals surface area contributed by atoms with E-state index in [1.54, 1.807) is 18.2 Å². The zero-order valence-corrected chi connectivity index (χ0v) is 16.7. The monoisotopic (exact) mass is 366 g/mol. The average Bonchev–Trinajstić information content (AvgIpc) is 2.67. The average molecular weight is 367 g/mol. The summed E-state index contributed by atoms with van der Waals surface area (Å²) in [5, 5.41) is 3.09. The van der Waals surface area contributed by atoms with Gasteiger partial charge in [0, 0.05) is 17.2 Å². The van der Waals surface area contributed by atoms with Gasteiger partial charge < -0.3 is 10.2 Å². The van der Waals surface area contributed by atoms with Gasteiger partial charge in [0.2, 0.25) is 5.91 Å². The first-order valence-corrected chi connectivity index (χ1v) is 9.53. The van der Waals surface area contributed by atoms with E-state index in [2.05, 4.69) is 24.3 Å². The molecule has 4 nitrogen and oxygen atoms in total. The fourth-order valence-electron chi connectivity index (χ4n) is 3.01. The first kappa shape index (κ1) is 20.8. The van der Waals surface area contributed by atoms with Crippen molar-refractivity contribution in [2.45, 2.75) is 38.6 Å². The molecule has 0 aliphatic heterocycles. The van der Waals surface area contributed by atoms with Crippen LogP contribution in [-0.2, 0) is 4.79 Å². The molecule has 0 fully saturated rings. The standard InChI is InChI=1S/C23H30N2O2/c1-17(10-9-15-25(3)4)24-23(27)18(2)20-13-8-14-21(16-20)22(26)19-11-6-5-7-12-19/h5-8,11-14,16-18H,9-10,15H2,1-4H3,(H,24,27). The number of hydrogen-bond donors (Lipinski definition) is 1. The predicted molar refractivity (Wildman–Crippen MR) is 110 cm³/mol. The van der Waals surface area contributed by atoms with Gasteiger partial charge in [-0.05, 0) is 59.0 Å². The Kier molecular flexibility index (Phi) is 7.74. The van der Waals surface area contributed by atoms with Gasteiger partial charge in [0.25, 0.3) is 0 Å². The highest BCUT2D eigenvalue weighted by Gasteiger charge is 2.18. The van der Waals surface area contributed by atoms with Gasteiger partial charge in [-0.25, -0.2) is 0 Å². The summed E-state index contributed by atoms with van der Waals surface area (Å²) in [4.78, 5) is 27.4. The topological polar surface area (TPSA) is 49.4 Å². The Balaban J connectivity index is 2.00. The van der Waals surface area contributed by atoms with Gasteiger partial charge in [-0.2, -0.15) is 0 Å². The third kappa shape index (κ3) is 6.33. The molecular weight excluding hydrogens is 336 g/mol. The molecule has 0 aromatic heterocycles. The Morgan fingerprint density at radius 3 is 2.30 bits per heavy atom. The van der Waals surface area contributed by atoms with Crippen LogP contribution in [0.15, 0.2) is 54.6 Å². The van der Waals surface area contributed by atoms with Gasteiger partial charge in [-0.1, -0.05) is 48.5 Å². The highest BCUT2D eigenvalue weighted by molar-refractivity contribution is 6.09. The normalized spacial score (nSPS) is 13.2. The van der Waals surface area contributed by atoms with Crippen LogP contribution in [0.25, 0.3) is 0 Å². The SMILES string of the molecule is CC(CCCN(C)C)NC(=O)C(C)c1cccc(C(=O)c2ccccc2)c1. The van der Waals surface area contributed by atoms with Crippen LogP contribution in [0.5, 0.6) is 0 Å². The molecule has 0 bridgehead atoms. The number of ketones is 1. The van der Waals surface area contributed by atoms with E-state index in [9.17, 15) is 9.59 Å². The third-order valence-electron chi connectivity index (χ3n) is 4.71. The number of rotatable bonds is 9. The summed E-state index contributed by atoms with van der Waals surface area (Å²) in [6.07, 6.45) is 1.99. The van der Waals surface area contributed by atoms with Gasteiger partial charge in [-0.3, -0.25) is 9.59 Å². The lowest BCUT2D eigenvalue weighted by Crippen LogP contribution is -2.36. The van der Waals surface area contributed by atoms with Gasteiger partial charge in [-0.15, -0.1) is 0 Å². The molecule has 1 N–H and O–H groups in total. The smallest absolute Gasteiger partial charge is 0.227 e. The summed E-state index contributed by atoms with van der Waals surface area (Å²) >= 11 is 0. The van der Waals surface area contributed by atoms with Crippen molar-refractivity contribution >= 4 is 11.7 Å². The summed E-state index contributed by atoms with van der Waals surface area (Å²) < 4.78 is 0. The molecule has 2 aromatic carbocycles. The van der Waals surface area contributed by atoms with Crippen molar-refractivity contribution in [2.75, 3.05) is 20.6 Å². The number of benzene rings is 2. The minimum Gasteiger partial charge on any atom is -0.353 e. The molecule has 144 valence electrons. The fourth-order valence-corrected chi connectivity index (χ4v) is 3.01. The van der Waals surface area contributed by atoms with Gasteiger partial charge >= 0.3 is 0 Å². The lowest BCUT2D eigenvalue weighted by molar-refractivity contribution is -0.122. The summed E-state index contributed by atoms with van der Waals surface area (Å²) in [6, 6.07) is 16.7. The molecule has 2 atom stereocenters. The van der Waals surface area contributed by atoms with Crippen LogP contribution in [0.1, 0.15) is 54.1 Å². The number of amides is 1. The second-order valence-corrected chi connectivity index (χ2v) is 7.40. The summed E-state index contributed by atoms with van der Waals surface area (Å²) in [7, 11) is 4.10. The van der Waals surface area contributed by atoms with E-state index in [-0.39, 0.29) is 23.7 Å². The Morgan fingerprint density at radius 1 is 0.963 bits per heavy atom. The largest absolute Gasteiger partial charge is 0.353 e. The zero-order chi connectivity index (χ0) is 19.8. The van der Waals surface area contributed by atoms with Crippen LogP contribution < -0.4 is 5.32 Å². The molecule has 27 heavy (non-hydrogen) atoms. The summed E-state index contributed by atoms with van der Waals surface area (Å²) in [5.41, 5.74) is 2.12.